The van der Waals surface area contributed by atoms with Crippen LogP contribution in [0.25, 0.3) is 6.08 Å². The van der Waals surface area contributed by atoms with Gasteiger partial charge in [0.05, 0.1) is 4.47 Å². The monoisotopic (exact) mass is 443 g/mol. The van der Waals surface area contributed by atoms with Crippen LogP contribution in [0.2, 0.25) is 0 Å². The van der Waals surface area contributed by atoms with Gasteiger partial charge in [-0.2, -0.15) is 0 Å². The number of hydrogen-bond acceptors (Lipinski definition) is 4. The molecule has 2 aromatic rings. The van der Waals surface area contributed by atoms with E-state index in [1.807, 2.05) is 31.2 Å². The van der Waals surface area contributed by atoms with Crippen LogP contribution in [0.15, 0.2) is 52.6 Å². The summed E-state index contributed by atoms with van der Waals surface area (Å²) in [5, 5.41) is 5.26. The normalized spacial score (nSPS) is 15.0. The summed E-state index contributed by atoms with van der Waals surface area (Å²) in [6.45, 7) is 1.83. The molecule has 1 aliphatic rings. The van der Waals surface area contributed by atoms with E-state index in [2.05, 4.69) is 26.6 Å². The number of hydrogen-bond donors (Lipinski definition) is 2. The zero-order chi connectivity index (χ0) is 20.3. The van der Waals surface area contributed by atoms with Gasteiger partial charge in [-0.1, -0.05) is 23.8 Å². The number of nitrogens with zero attached hydrogens (tertiary/aromatic N) is 1. The van der Waals surface area contributed by atoms with Crippen molar-refractivity contribution in [2.75, 3.05) is 19.0 Å². The van der Waals surface area contributed by atoms with Crippen molar-refractivity contribution in [3.8, 4) is 5.75 Å². The number of halogens is 1. The molecular formula is C20H18BrN3O4. The molecule has 28 heavy (non-hydrogen) atoms. The molecule has 0 aliphatic carbocycles. The highest BCUT2D eigenvalue weighted by atomic mass is 79.9. The molecule has 1 saturated heterocycles. The number of nitrogens with one attached hydrogen (secondary N) is 2. The Bertz CT molecular complexity index is 970. The van der Waals surface area contributed by atoms with Crippen molar-refractivity contribution in [1.82, 2.24) is 10.2 Å². The Kier molecular flexibility index (Phi) is 5.79. The van der Waals surface area contributed by atoms with Gasteiger partial charge in [-0.25, -0.2) is 4.79 Å². The Morgan fingerprint density at radius 1 is 1.21 bits per heavy atom. The van der Waals surface area contributed by atoms with Crippen LogP contribution in [0.1, 0.15) is 11.1 Å². The molecule has 1 aliphatic heterocycles. The molecule has 0 bridgehead atoms. The predicted molar refractivity (Wildman–Crippen MR) is 109 cm³/mol. The standard InChI is InChI=1S/C20H18BrN3O4/c1-12-3-6-14(7-4-12)22-18(25)11-28-17-8-5-13(9-15(17)21)10-16-19(26)24(2)20(27)23-16/h3-10H,11H2,1-2H3,(H,22,25)(H,23,27)/b16-10+. The van der Waals surface area contributed by atoms with E-state index in [1.54, 1.807) is 24.3 Å². The molecule has 0 atom stereocenters. The van der Waals surface area contributed by atoms with Crippen LogP contribution in [0.4, 0.5) is 10.5 Å². The first-order valence-electron chi connectivity index (χ1n) is 8.43. The summed E-state index contributed by atoms with van der Waals surface area (Å²) in [7, 11) is 1.41. The minimum atomic E-state index is -0.463. The number of rotatable bonds is 5. The third kappa shape index (κ3) is 4.58. The molecule has 0 aromatic heterocycles. The van der Waals surface area contributed by atoms with Gasteiger partial charge in [0, 0.05) is 12.7 Å². The summed E-state index contributed by atoms with van der Waals surface area (Å²) in [4.78, 5) is 36.4. The number of anilines is 1. The molecule has 4 amide bonds. The molecule has 8 heteroatoms. The van der Waals surface area contributed by atoms with Crippen LogP contribution in [-0.4, -0.2) is 36.4 Å². The van der Waals surface area contributed by atoms with Gasteiger partial charge in [0.15, 0.2) is 6.61 Å². The van der Waals surface area contributed by atoms with Gasteiger partial charge < -0.3 is 15.4 Å². The summed E-state index contributed by atoms with van der Waals surface area (Å²) in [6.07, 6.45) is 1.57. The lowest BCUT2D eigenvalue weighted by atomic mass is 10.2. The molecule has 0 radical (unpaired) electrons. The molecule has 1 fully saturated rings. The topological polar surface area (TPSA) is 87.7 Å². The van der Waals surface area contributed by atoms with Crippen molar-refractivity contribution in [3.05, 3.63) is 63.8 Å². The molecule has 3 rings (SSSR count). The largest absolute Gasteiger partial charge is 0.483 e. The SMILES string of the molecule is Cc1ccc(NC(=O)COc2ccc(/C=C3/NC(=O)N(C)C3=O)cc2Br)cc1. The number of carbonyl (C=O) groups excluding carboxylic acids is 3. The average molecular weight is 444 g/mol. The molecule has 0 spiro atoms. The van der Waals surface area contributed by atoms with Gasteiger partial charge in [0.1, 0.15) is 11.4 Å². The average Bonchev–Trinajstić information content (AvgIpc) is 2.90. The maximum absolute atomic E-state index is 12.0. The van der Waals surface area contributed by atoms with Crippen molar-refractivity contribution in [2.24, 2.45) is 0 Å². The van der Waals surface area contributed by atoms with Crippen molar-refractivity contribution in [2.45, 2.75) is 6.92 Å². The summed E-state index contributed by atoms with van der Waals surface area (Å²) in [5.41, 5.74) is 2.71. The Morgan fingerprint density at radius 2 is 1.93 bits per heavy atom. The molecule has 1 heterocycles. The van der Waals surface area contributed by atoms with Crippen LogP contribution in [-0.2, 0) is 9.59 Å². The first kappa shape index (κ1) is 19.6. The van der Waals surface area contributed by atoms with Crippen molar-refractivity contribution in [1.29, 1.82) is 0 Å². The van der Waals surface area contributed by atoms with Crippen LogP contribution in [0, 0.1) is 6.92 Å². The predicted octanol–water partition coefficient (Wildman–Crippen LogP) is 3.30. The van der Waals surface area contributed by atoms with E-state index < -0.39 is 11.9 Å². The van der Waals surface area contributed by atoms with E-state index in [-0.39, 0.29) is 18.2 Å². The van der Waals surface area contributed by atoms with Crippen LogP contribution >= 0.6 is 15.9 Å². The Hall–Kier alpha value is -3.13. The molecule has 0 saturated carbocycles. The third-order valence-electron chi connectivity index (χ3n) is 4.04. The van der Waals surface area contributed by atoms with Gasteiger partial charge in [-0.15, -0.1) is 0 Å². The second-order valence-electron chi connectivity index (χ2n) is 6.25. The number of aryl methyl sites for hydroxylation is 1. The van der Waals surface area contributed by atoms with Crippen LogP contribution in [0.5, 0.6) is 5.75 Å². The number of carbonyl (C=O) groups is 3. The highest BCUT2D eigenvalue weighted by Gasteiger charge is 2.29. The number of benzene rings is 2. The molecule has 7 nitrogen and oxygen atoms in total. The first-order chi connectivity index (χ1) is 13.3. The minimum absolute atomic E-state index is 0.147. The summed E-state index contributed by atoms with van der Waals surface area (Å²) in [5.74, 6) is -0.182. The summed E-state index contributed by atoms with van der Waals surface area (Å²) in [6, 6.07) is 12.2. The maximum Gasteiger partial charge on any atom is 0.328 e. The second-order valence-corrected chi connectivity index (χ2v) is 7.10. The van der Waals surface area contributed by atoms with Crippen LogP contribution in [0.3, 0.4) is 0 Å². The molecule has 2 aromatic carbocycles. The number of likely N-dealkylation sites (N-methyl/N-ethyl adjacent to an activating group) is 1. The van der Waals surface area contributed by atoms with E-state index in [1.165, 1.54) is 7.05 Å². The lowest BCUT2D eigenvalue weighted by Gasteiger charge is -2.10. The number of urea groups is 1. The minimum Gasteiger partial charge on any atom is -0.483 e. The number of amides is 4. The molecule has 144 valence electrons. The quantitative estimate of drug-likeness (QED) is 0.548. The van der Waals surface area contributed by atoms with E-state index >= 15 is 0 Å². The molecule has 0 unspecified atom stereocenters. The Labute approximate surface area is 170 Å². The Morgan fingerprint density at radius 3 is 2.54 bits per heavy atom. The zero-order valence-electron chi connectivity index (χ0n) is 15.3. The highest BCUT2D eigenvalue weighted by Crippen LogP contribution is 2.27. The molecule has 2 N–H and O–H groups in total. The van der Waals surface area contributed by atoms with Crippen molar-refractivity contribution < 1.29 is 19.1 Å². The van der Waals surface area contributed by atoms with Gasteiger partial charge in [0.2, 0.25) is 0 Å². The fourth-order valence-corrected chi connectivity index (χ4v) is 3.00. The molecular weight excluding hydrogens is 426 g/mol. The van der Waals surface area contributed by atoms with Crippen LogP contribution < -0.4 is 15.4 Å². The van der Waals surface area contributed by atoms with E-state index in [4.69, 9.17) is 4.74 Å². The second kappa shape index (κ2) is 8.26. The van der Waals surface area contributed by atoms with E-state index in [0.29, 0.717) is 21.5 Å². The highest BCUT2D eigenvalue weighted by molar-refractivity contribution is 9.10. The fourth-order valence-electron chi connectivity index (χ4n) is 2.49. The lowest BCUT2D eigenvalue weighted by molar-refractivity contribution is -0.122. The van der Waals surface area contributed by atoms with E-state index in [0.717, 1.165) is 10.5 Å². The van der Waals surface area contributed by atoms with E-state index in [9.17, 15) is 14.4 Å². The smallest absolute Gasteiger partial charge is 0.328 e. The third-order valence-corrected chi connectivity index (χ3v) is 4.66. The number of imide groups is 1. The first-order valence-corrected chi connectivity index (χ1v) is 9.22. The fraction of sp³-hybridized carbons (Fsp3) is 0.150. The summed E-state index contributed by atoms with van der Waals surface area (Å²) < 4.78 is 6.17. The zero-order valence-corrected chi connectivity index (χ0v) is 16.9. The lowest BCUT2D eigenvalue weighted by Crippen LogP contribution is -2.25. The van der Waals surface area contributed by atoms with Crippen molar-refractivity contribution >= 4 is 45.5 Å². The van der Waals surface area contributed by atoms with Gasteiger partial charge >= 0.3 is 6.03 Å². The maximum atomic E-state index is 12.0. The summed E-state index contributed by atoms with van der Waals surface area (Å²) >= 11 is 3.39. The van der Waals surface area contributed by atoms with Crippen molar-refractivity contribution in [3.63, 3.8) is 0 Å². The van der Waals surface area contributed by atoms with Gasteiger partial charge in [-0.3, -0.25) is 14.5 Å². The Balaban J connectivity index is 1.61. The van der Waals surface area contributed by atoms with Gasteiger partial charge in [0.25, 0.3) is 11.8 Å². The number of ether oxygens (including phenoxy) is 1. The van der Waals surface area contributed by atoms with Gasteiger partial charge in [-0.05, 0) is 58.8 Å².